The van der Waals surface area contributed by atoms with Crippen molar-refractivity contribution in [1.82, 2.24) is 24.8 Å². The van der Waals surface area contributed by atoms with Gasteiger partial charge in [-0.15, -0.1) is 11.3 Å². The number of amides is 1. The van der Waals surface area contributed by atoms with Crippen LogP contribution in [0.25, 0.3) is 11.2 Å². The van der Waals surface area contributed by atoms with Gasteiger partial charge in [-0.3, -0.25) is 4.79 Å². The van der Waals surface area contributed by atoms with Gasteiger partial charge in [-0.1, -0.05) is 13.0 Å². The molecule has 1 amide bonds. The molecule has 2 aliphatic rings. The Morgan fingerprint density at radius 1 is 1.31 bits per heavy atom. The summed E-state index contributed by atoms with van der Waals surface area (Å²) in [7, 11) is 1.49. The highest BCUT2D eigenvalue weighted by molar-refractivity contribution is 7.12. The van der Waals surface area contributed by atoms with Gasteiger partial charge in [-0.2, -0.15) is 0 Å². The third-order valence-corrected chi connectivity index (χ3v) is 8.42. The second-order valence-corrected chi connectivity index (χ2v) is 11.0. The van der Waals surface area contributed by atoms with E-state index in [1.165, 1.54) is 31.2 Å². The minimum Gasteiger partial charge on any atom is -0.389 e. The Morgan fingerprint density at radius 3 is 2.72 bits per heavy atom. The van der Waals surface area contributed by atoms with Crippen LogP contribution in [0.1, 0.15) is 47.8 Å². The quantitative estimate of drug-likeness (QED) is 0.309. The summed E-state index contributed by atoms with van der Waals surface area (Å²) in [5.74, 6) is 7.27. The number of hydrogen-bond acceptors (Lipinski definition) is 8. The first-order valence-electron chi connectivity index (χ1n) is 12.1. The van der Waals surface area contributed by atoms with Crippen molar-refractivity contribution in [3.05, 3.63) is 46.2 Å². The van der Waals surface area contributed by atoms with Gasteiger partial charge in [0.25, 0.3) is 0 Å². The molecule has 3 heterocycles. The summed E-state index contributed by atoms with van der Waals surface area (Å²) < 4.78 is 1.66. The van der Waals surface area contributed by atoms with Crippen molar-refractivity contribution in [2.45, 2.75) is 51.4 Å². The van der Waals surface area contributed by atoms with Crippen LogP contribution in [-0.2, 0) is 4.79 Å². The van der Waals surface area contributed by atoms with Crippen LogP contribution in [0.15, 0.2) is 30.6 Å². The van der Waals surface area contributed by atoms with Crippen LogP contribution < -0.4 is 10.6 Å². The summed E-state index contributed by atoms with van der Waals surface area (Å²) in [6.07, 6.45) is 2.54. The molecule has 0 saturated heterocycles. The summed E-state index contributed by atoms with van der Waals surface area (Å²) in [6, 6.07) is 3.18. The zero-order chi connectivity index (χ0) is 25.6. The van der Waals surface area contributed by atoms with Crippen LogP contribution in [0.4, 0.5) is 5.82 Å². The molecule has 0 aliphatic heterocycles. The molecule has 0 radical (unpaired) electrons. The third kappa shape index (κ3) is 3.97. The number of nitrogens with zero attached hydrogens (tertiary/aromatic N) is 4. The monoisotopic (exact) mass is 506 g/mol. The molecule has 4 atom stereocenters. The molecular formula is C26H30N6O3S. The van der Waals surface area contributed by atoms with Gasteiger partial charge in [0, 0.05) is 18.5 Å². The highest BCUT2D eigenvalue weighted by atomic mass is 32.1. The number of rotatable bonds is 5. The van der Waals surface area contributed by atoms with Crippen LogP contribution in [0, 0.1) is 30.1 Å². The number of imidazole rings is 1. The van der Waals surface area contributed by atoms with E-state index in [2.05, 4.69) is 44.0 Å². The first-order chi connectivity index (χ1) is 17.2. The Labute approximate surface area is 213 Å². The zero-order valence-electron chi connectivity index (χ0n) is 20.6. The number of aromatic nitrogens is 4. The van der Waals surface area contributed by atoms with Crippen molar-refractivity contribution in [2.75, 3.05) is 18.9 Å². The Balaban J connectivity index is 1.58. The molecule has 3 aromatic rings. The van der Waals surface area contributed by atoms with Crippen LogP contribution in [0.2, 0.25) is 0 Å². The van der Waals surface area contributed by atoms with Crippen LogP contribution in [-0.4, -0.2) is 61.4 Å². The van der Waals surface area contributed by atoms with E-state index in [0.717, 1.165) is 11.4 Å². The largest absolute Gasteiger partial charge is 0.389 e. The van der Waals surface area contributed by atoms with Gasteiger partial charge in [0.2, 0.25) is 11.7 Å². The molecule has 2 aliphatic carbocycles. The average molecular weight is 507 g/mol. The third-order valence-electron chi connectivity index (χ3n) is 7.50. The molecule has 3 aromatic heterocycles. The predicted molar refractivity (Wildman–Crippen MR) is 139 cm³/mol. The van der Waals surface area contributed by atoms with Crippen molar-refractivity contribution in [1.29, 1.82) is 0 Å². The number of aryl methyl sites for hydroxylation is 1. The van der Waals surface area contributed by atoms with Crippen molar-refractivity contribution in [3.63, 3.8) is 0 Å². The molecule has 0 bridgehead atoms. The summed E-state index contributed by atoms with van der Waals surface area (Å²) in [5.41, 5.74) is -0.000375. The number of aliphatic hydroxyl groups is 2. The normalized spacial score (nSPS) is 25.9. The number of hydrogen-bond donors (Lipinski definition) is 4. The lowest BCUT2D eigenvalue weighted by atomic mass is 9.81. The Morgan fingerprint density at radius 2 is 2.08 bits per heavy atom. The second-order valence-electron chi connectivity index (χ2n) is 9.74. The van der Waals surface area contributed by atoms with E-state index in [1.807, 2.05) is 19.1 Å². The van der Waals surface area contributed by atoms with Crippen molar-refractivity contribution >= 4 is 34.2 Å². The van der Waals surface area contributed by atoms with Gasteiger partial charge in [0.05, 0.1) is 22.7 Å². The fourth-order valence-electron chi connectivity index (χ4n) is 4.95. The molecule has 2 fully saturated rings. The van der Waals surface area contributed by atoms with Crippen molar-refractivity contribution in [3.8, 4) is 11.8 Å². The topological polar surface area (TPSA) is 125 Å². The maximum Gasteiger partial charge on any atom is 0.232 e. The molecule has 4 N–H and O–H groups in total. The van der Waals surface area contributed by atoms with Gasteiger partial charge >= 0.3 is 0 Å². The van der Waals surface area contributed by atoms with Crippen molar-refractivity contribution < 1.29 is 15.0 Å². The number of carbonyl (C=O) groups excluding carboxylic acids is 1. The number of aliphatic hydroxyl groups excluding tert-OH is 2. The number of carbonyl (C=O) groups is 1. The molecule has 5 rings (SSSR count). The molecular weight excluding hydrogens is 476 g/mol. The molecule has 188 valence electrons. The Kier molecular flexibility index (Phi) is 6.32. The summed E-state index contributed by atoms with van der Waals surface area (Å²) in [5, 5.41) is 27.9. The van der Waals surface area contributed by atoms with Crippen LogP contribution in [0.3, 0.4) is 0 Å². The summed E-state index contributed by atoms with van der Waals surface area (Å²) in [6.45, 7) is 8.50. The first-order valence-corrected chi connectivity index (χ1v) is 12.9. The lowest BCUT2D eigenvalue weighted by Crippen LogP contribution is -2.45. The van der Waals surface area contributed by atoms with Gasteiger partial charge in [0.15, 0.2) is 17.0 Å². The SMILES string of the molecule is C=C1[C@@H](n2cnc3c(NCC4CCC4)nc(C#Cc4ccc(C)s4)nc32)[C@H](O)[C@H](O)C1(C)C(=O)NC. The fraction of sp³-hybridized carbons (Fsp3) is 0.462. The number of anilines is 1. The summed E-state index contributed by atoms with van der Waals surface area (Å²) >= 11 is 1.60. The molecule has 36 heavy (non-hydrogen) atoms. The van der Waals surface area contributed by atoms with Gasteiger partial charge in [0.1, 0.15) is 12.2 Å². The van der Waals surface area contributed by atoms with E-state index in [-0.39, 0.29) is 0 Å². The average Bonchev–Trinajstić information content (AvgIpc) is 3.49. The lowest BCUT2D eigenvalue weighted by Gasteiger charge is -2.27. The fourth-order valence-corrected chi connectivity index (χ4v) is 5.67. The molecule has 1 unspecified atom stereocenters. The standard InChI is InChI=1S/C26H30N6O3S/c1-14-8-9-17(36-14)10-11-18-30-23(28-12-16-6-5-7-16)19-24(31-18)32(13-29-19)20-15(2)26(3,25(35)27-4)22(34)21(20)33/h8-9,13,16,20-22,33-34H,2,5-7,12H2,1,3-4H3,(H,27,35)(H,28,30,31)/t20-,21+,22+,26?/m1/s1. The van der Waals surface area contributed by atoms with E-state index >= 15 is 0 Å². The first kappa shape index (κ1) is 24.4. The Bertz CT molecular complexity index is 1400. The minimum atomic E-state index is -1.37. The van der Waals surface area contributed by atoms with Gasteiger partial charge in [-0.25, -0.2) is 15.0 Å². The molecule has 10 heteroatoms. The number of thiophene rings is 1. The smallest absolute Gasteiger partial charge is 0.232 e. The van der Waals surface area contributed by atoms with E-state index in [9.17, 15) is 15.0 Å². The maximum absolute atomic E-state index is 12.7. The Hall–Kier alpha value is -3.26. The van der Waals surface area contributed by atoms with E-state index in [4.69, 9.17) is 0 Å². The van der Waals surface area contributed by atoms with Gasteiger partial charge < -0.3 is 25.4 Å². The predicted octanol–water partition coefficient (Wildman–Crippen LogP) is 2.39. The highest BCUT2D eigenvalue weighted by Gasteiger charge is 2.57. The lowest BCUT2D eigenvalue weighted by molar-refractivity contribution is -0.134. The highest BCUT2D eigenvalue weighted by Crippen LogP contribution is 2.49. The zero-order valence-corrected chi connectivity index (χ0v) is 21.4. The van der Waals surface area contributed by atoms with Gasteiger partial charge in [-0.05, 0) is 62.2 Å². The minimum absolute atomic E-state index is 0.319. The van der Waals surface area contributed by atoms with E-state index < -0.39 is 29.6 Å². The molecule has 0 aromatic carbocycles. The van der Waals surface area contributed by atoms with Crippen LogP contribution >= 0.6 is 11.3 Å². The maximum atomic E-state index is 12.7. The molecule has 0 spiro atoms. The molecule has 9 nitrogen and oxygen atoms in total. The van der Waals surface area contributed by atoms with E-state index in [0.29, 0.717) is 34.3 Å². The van der Waals surface area contributed by atoms with E-state index in [1.54, 1.807) is 29.2 Å². The summed E-state index contributed by atoms with van der Waals surface area (Å²) in [4.78, 5) is 28.6. The number of fused-ring (bicyclic) bond motifs is 1. The van der Waals surface area contributed by atoms with Crippen molar-refractivity contribution in [2.24, 2.45) is 11.3 Å². The molecule has 2 saturated carbocycles. The van der Waals surface area contributed by atoms with Crippen LogP contribution in [0.5, 0.6) is 0 Å². The number of nitrogens with one attached hydrogen (secondary N) is 2. The second kappa shape index (κ2) is 9.32.